The number of phenolic OH excluding ortho intramolecular Hbond substituents is 1. The maximum absolute atomic E-state index is 10.8. The first-order valence-corrected chi connectivity index (χ1v) is 7.16. The predicted molar refractivity (Wildman–Crippen MR) is 80.4 cm³/mol. The highest BCUT2D eigenvalue weighted by Gasteiger charge is 2.11. The van der Waals surface area contributed by atoms with Crippen LogP contribution in [-0.4, -0.2) is 20.0 Å². The Balaban J connectivity index is 1.80. The van der Waals surface area contributed by atoms with Crippen LogP contribution < -0.4 is 0 Å². The van der Waals surface area contributed by atoms with E-state index in [-0.39, 0.29) is 11.4 Å². The molecule has 0 unspecified atom stereocenters. The molecule has 0 aliphatic carbocycles. The molecule has 0 saturated carbocycles. The van der Waals surface area contributed by atoms with Gasteiger partial charge in [0.25, 0.3) is 5.69 Å². The third kappa shape index (κ3) is 2.82. The average Bonchev–Trinajstić information content (AvgIpc) is 2.89. The lowest BCUT2D eigenvalue weighted by atomic mass is 10.2. The molecule has 0 aliphatic rings. The Hall–Kier alpha value is -2.54. The maximum atomic E-state index is 10.8. The van der Waals surface area contributed by atoms with Crippen molar-refractivity contribution < 1.29 is 10.0 Å². The molecular formula is C14H11N3O3S. The van der Waals surface area contributed by atoms with Gasteiger partial charge in [0, 0.05) is 23.4 Å². The minimum atomic E-state index is -0.477. The molecule has 0 saturated heterocycles. The number of nitrogens with one attached hydrogen (secondary N) is 1. The van der Waals surface area contributed by atoms with Gasteiger partial charge in [-0.05, 0) is 18.2 Å². The molecule has 21 heavy (non-hydrogen) atoms. The van der Waals surface area contributed by atoms with Crippen molar-refractivity contribution in [1.82, 2.24) is 9.97 Å². The monoisotopic (exact) mass is 301 g/mol. The van der Waals surface area contributed by atoms with Crippen LogP contribution in [-0.2, 0) is 5.75 Å². The lowest BCUT2D eigenvalue weighted by molar-refractivity contribution is -0.384. The Morgan fingerprint density at radius 2 is 2.10 bits per heavy atom. The number of benzene rings is 2. The van der Waals surface area contributed by atoms with E-state index in [1.165, 1.54) is 30.0 Å². The summed E-state index contributed by atoms with van der Waals surface area (Å²) in [6.45, 7) is 0. The number of aromatic amines is 1. The van der Waals surface area contributed by atoms with Gasteiger partial charge < -0.3 is 10.1 Å². The number of aromatic nitrogens is 2. The van der Waals surface area contributed by atoms with E-state index in [1.807, 2.05) is 24.3 Å². The highest BCUT2D eigenvalue weighted by molar-refractivity contribution is 7.98. The molecule has 2 N–H and O–H groups in total. The zero-order valence-corrected chi connectivity index (χ0v) is 11.6. The Morgan fingerprint density at radius 1 is 1.29 bits per heavy atom. The van der Waals surface area contributed by atoms with Crippen molar-refractivity contribution in [2.24, 2.45) is 0 Å². The molecule has 106 valence electrons. The molecule has 6 nitrogen and oxygen atoms in total. The molecule has 0 bridgehead atoms. The van der Waals surface area contributed by atoms with Gasteiger partial charge in [0.2, 0.25) is 0 Å². The van der Waals surface area contributed by atoms with Crippen molar-refractivity contribution in [2.45, 2.75) is 10.9 Å². The van der Waals surface area contributed by atoms with Crippen LogP contribution in [0.3, 0.4) is 0 Å². The second-order valence-corrected chi connectivity index (χ2v) is 5.38. The van der Waals surface area contributed by atoms with E-state index < -0.39 is 4.92 Å². The molecule has 7 heteroatoms. The number of rotatable bonds is 4. The summed E-state index contributed by atoms with van der Waals surface area (Å²) in [6.07, 6.45) is 0. The molecule has 0 fully saturated rings. The number of para-hydroxylation sites is 2. The molecular weight excluding hydrogens is 290 g/mol. The van der Waals surface area contributed by atoms with Gasteiger partial charge in [-0.3, -0.25) is 10.1 Å². The van der Waals surface area contributed by atoms with Crippen LogP contribution in [0.2, 0.25) is 0 Å². The average molecular weight is 301 g/mol. The van der Waals surface area contributed by atoms with Gasteiger partial charge >= 0.3 is 0 Å². The van der Waals surface area contributed by atoms with E-state index in [2.05, 4.69) is 9.97 Å². The summed E-state index contributed by atoms with van der Waals surface area (Å²) in [5.74, 6) is 0.442. The number of hydrogen-bond donors (Lipinski definition) is 2. The van der Waals surface area contributed by atoms with E-state index in [0.29, 0.717) is 16.5 Å². The molecule has 0 amide bonds. The fourth-order valence-electron chi connectivity index (χ4n) is 1.94. The number of non-ortho nitro benzene ring substituents is 1. The van der Waals surface area contributed by atoms with Crippen molar-refractivity contribution in [3.05, 3.63) is 58.1 Å². The quantitative estimate of drug-likeness (QED) is 0.437. The third-order valence-corrected chi connectivity index (χ3v) is 3.93. The van der Waals surface area contributed by atoms with Crippen molar-refractivity contribution in [3.63, 3.8) is 0 Å². The fraction of sp³-hybridized carbons (Fsp3) is 0.0714. The Kier molecular flexibility index (Phi) is 3.49. The number of nitro benzene ring substituents is 1. The summed E-state index contributed by atoms with van der Waals surface area (Å²) < 4.78 is 0. The Labute approximate surface area is 124 Å². The number of thioether (sulfide) groups is 1. The van der Waals surface area contributed by atoms with E-state index >= 15 is 0 Å². The Morgan fingerprint density at radius 3 is 2.86 bits per heavy atom. The van der Waals surface area contributed by atoms with Gasteiger partial charge in [-0.1, -0.05) is 23.9 Å². The van der Waals surface area contributed by atoms with Gasteiger partial charge in [0.15, 0.2) is 5.16 Å². The van der Waals surface area contributed by atoms with E-state index in [0.717, 1.165) is 11.0 Å². The zero-order chi connectivity index (χ0) is 14.8. The summed E-state index contributed by atoms with van der Waals surface area (Å²) in [7, 11) is 0. The minimum absolute atomic E-state index is 0.0343. The highest BCUT2D eigenvalue weighted by Crippen LogP contribution is 2.29. The van der Waals surface area contributed by atoms with Crippen molar-refractivity contribution >= 4 is 28.5 Å². The molecule has 3 aromatic rings. The lowest BCUT2D eigenvalue weighted by Gasteiger charge is -2.02. The first-order valence-electron chi connectivity index (χ1n) is 6.17. The first kappa shape index (κ1) is 13.4. The molecule has 0 spiro atoms. The number of H-pyrrole nitrogens is 1. The number of imidazole rings is 1. The highest BCUT2D eigenvalue weighted by atomic mass is 32.2. The molecule has 1 heterocycles. The number of nitrogens with zero attached hydrogens (tertiary/aromatic N) is 2. The van der Waals surface area contributed by atoms with Crippen LogP contribution in [0.4, 0.5) is 5.69 Å². The minimum Gasteiger partial charge on any atom is -0.508 e. The molecule has 0 aliphatic heterocycles. The number of hydrogen-bond acceptors (Lipinski definition) is 5. The van der Waals surface area contributed by atoms with Crippen LogP contribution >= 0.6 is 11.8 Å². The normalized spacial score (nSPS) is 10.9. The third-order valence-electron chi connectivity index (χ3n) is 3.01. The molecule has 3 rings (SSSR count). The maximum Gasteiger partial charge on any atom is 0.270 e. The van der Waals surface area contributed by atoms with Crippen LogP contribution in [0.25, 0.3) is 11.0 Å². The summed E-state index contributed by atoms with van der Waals surface area (Å²) in [5, 5.41) is 21.2. The van der Waals surface area contributed by atoms with Crippen LogP contribution in [0.5, 0.6) is 5.75 Å². The molecule has 0 atom stereocenters. The van der Waals surface area contributed by atoms with E-state index in [4.69, 9.17) is 0 Å². The van der Waals surface area contributed by atoms with Gasteiger partial charge in [-0.15, -0.1) is 0 Å². The van der Waals surface area contributed by atoms with Gasteiger partial charge in [0.05, 0.1) is 16.0 Å². The first-order chi connectivity index (χ1) is 10.1. The predicted octanol–water partition coefficient (Wildman–Crippen LogP) is 3.47. The number of aromatic hydroxyl groups is 1. The SMILES string of the molecule is O=[N+]([O-])c1ccc(O)c(CSc2nc3ccccc3[nH]2)c1. The second kappa shape index (κ2) is 5.45. The smallest absolute Gasteiger partial charge is 0.270 e. The lowest BCUT2D eigenvalue weighted by Crippen LogP contribution is -1.90. The van der Waals surface area contributed by atoms with Crippen LogP contribution in [0, 0.1) is 10.1 Å². The number of fused-ring (bicyclic) bond motifs is 1. The van der Waals surface area contributed by atoms with Gasteiger partial charge in [-0.25, -0.2) is 4.98 Å². The van der Waals surface area contributed by atoms with Crippen molar-refractivity contribution in [1.29, 1.82) is 0 Å². The number of nitro groups is 1. The largest absolute Gasteiger partial charge is 0.508 e. The second-order valence-electron chi connectivity index (χ2n) is 4.42. The van der Waals surface area contributed by atoms with Gasteiger partial charge in [-0.2, -0.15) is 0 Å². The fourth-order valence-corrected chi connectivity index (χ4v) is 2.81. The topological polar surface area (TPSA) is 92.1 Å². The van der Waals surface area contributed by atoms with Crippen LogP contribution in [0.1, 0.15) is 5.56 Å². The molecule has 0 radical (unpaired) electrons. The van der Waals surface area contributed by atoms with E-state index in [9.17, 15) is 15.2 Å². The van der Waals surface area contributed by atoms with E-state index in [1.54, 1.807) is 0 Å². The zero-order valence-electron chi connectivity index (χ0n) is 10.8. The summed E-state index contributed by atoms with van der Waals surface area (Å²) in [5.41, 5.74) is 2.27. The van der Waals surface area contributed by atoms with Crippen molar-refractivity contribution in [2.75, 3.05) is 0 Å². The number of phenols is 1. The van der Waals surface area contributed by atoms with Crippen LogP contribution in [0.15, 0.2) is 47.6 Å². The summed E-state index contributed by atoms with van der Waals surface area (Å²) >= 11 is 1.38. The molecule has 1 aromatic heterocycles. The standard InChI is InChI=1S/C14H11N3O3S/c18-13-6-5-10(17(19)20)7-9(13)8-21-14-15-11-3-1-2-4-12(11)16-14/h1-7,18H,8H2,(H,15,16). The summed E-state index contributed by atoms with van der Waals surface area (Å²) in [4.78, 5) is 17.8. The van der Waals surface area contributed by atoms with Crippen molar-refractivity contribution in [3.8, 4) is 5.75 Å². The molecule has 2 aromatic carbocycles. The summed E-state index contributed by atoms with van der Waals surface area (Å²) in [6, 6.07) is 11.7. The Bertz CT molecular complexity index is 783. The van der Waals surface area contributed by atoms with Gasteiger partial charge in [0.1, 0.15) is 5.75 Å².